The molecule has 0 aliphatic rings. The molecular formula is C32H25NO4. The first-order valence-electron chi connectivity index (χ1n) is 12.3. The number of nitrogens with one attached hydrogen (secondary N) is 1. The molecule has 2 N–H and O–H groups in total. The predicted molar refractivity (Wildman–Crippen MR) is 148 cm³/mol. The molecule has 0 aliphatic carbocycles. The van der Waals surface area contributed by atoms with Gasteiger partial charge in [-0.3, -0.25) is 0 Å². The second kappa shape index (κ2) is 9.70. The molecule has 0 unspecified atom stereocenters. The van der Waals surface area contributed by atoms with Gasteiger partial charge in [-0.05, 0) is 40.6 Å². The van der Waals surface area contributed by atoms with E-state index in [2.05, 4.69) is 53.5 Å². The second-order valence-electron chi connectivity index (χ2n) is 8.98. The number of benzene rings is 5. The van der Waals surface area contributed by atoms with Crippen LogP contribution in [0.25, 0.3) is 43.6 Å². The summed E-state index contributed by atoms with van der Waals surface area (Å²) in [5.41, 5.74) is 3.78. The van der Waals surface area contributed by atoms with E-state index < -0.39 is 6.16 Å². The highest BCUT2D eigenvalue weighted by Gasteiger charge is 2.19. The summed E-state index contributed by atoms with van der Waals surface area (Å²) in [5, 5.41) is 14.8. The third-order valence-electron chi connectivity index (χ3n) is 6.75. The van der Waals surface area contributed by atoms with Crippen LogP contribution in [0.2, 0.25) is 0 Å². The number of carboxylic acid groups (broad SMARTS) is 1. The fourth-order valence-corrected chi connectivity index (χ4v) is 5.11. The van der Waals surface area contributed by atoms with Crippen LogP contribution < -0.4 is 9.47 Å². The van der Waals surface area contributed by atoms with Gasteiger partial charge in [-0.25, -0.2) is 4.79 Å². The molecule has 0 radical (unpaired) electrons. The molecular weight excluding hydrogens is 462 g/mol. The standard InChI is InChI=1S/C32H25NO4/c34-32(35)37-31-28(18-8-20-36-29-19-6-12-22-10-2-4-14-24(22)29)27-17-7-16-26(30(27)33-31)25-15-5-11-21-9-1-3-13-23(21)25/h1-7,9-17,19,33H,8,18,20H2,(H,34,35). The van der Waals surface area contributed by atoms with E-state index in [-0.39, 0.29) is 5.88 Å². The molecule has 0 saturated heterocycles. The van der Waals surface area contributed by atoms with Crippen LogP contribution in [0, 0.1) is 0 Å². The molecule has 1 aromatic heterocycles. The van der Waals surface area contributed by atoms with Crippen molar-refractivity contribution in [3.8, 4) is 22.8 Å². The van der Waals surface area contributed by atoms with E-state index >= 15 is 0 Å². The lowest BCUT2D eigenvalue weighted by molar-refractivity contribution is 0.142. The fraction of sp³-hybridized carbons (Fsp3) is 0.0938. The Morgan fingerprint density at radius 1 is 0.703 bits per heavy atom. The normalized spacial score (nSPS) is 11.2. The van der Waals surface area contributed by atoms with Crippen LogP contribution in [-0.4, -0.2) is 22.9 Å². The Hall–Kier alpha value is -4.77. The molecule has 0 fully saturated rings. The first-order chi connectivity index (χ1) is 18.2. The van der Waals surface area contributed by atoms with Gasteiger partial charge < -0.3 is 19.6 Å². The van der Waals surface area contributed by atoms with Crippen molar-refractivity contribution in [1.82, 2.24) is 4.98 Å². The monoisotopic (exact) mass is 487 g/mol. The molecule has 6 aromatic rings. The minimum absolute atomic E-state index is 0.264. The van der Waals surface area contributed by atoms with E-state index in [0.29, 0.717) is 19.4 Å². The molecule has 0 bridgehead atoms. The minimum atomic E-state index is -1.34. The second-order valence-corrected chi connectivity index (χ2v) is 8.98. The van der Waals surface area contributed by atoms with Crippen molar-refractivity contribution in [2.24, 2.45) is 0 Å². The molecule has 0 atom stereocenters. The van der Waals surface area contributed by atoms with Crippen molar-refractivity contribution in [3.63, 3.8) is 0 Å². The molecule has 1 heterocycles. The highest BCUT2D eigenvalue weighted by Crippen LogP contribution is 2.38. The van der Waals surface area contributed by atoms with Gasteiger partial charge in [0.25, 0.3) is 0 Å². The van der Waals surface area contributed by atoms with Gasteiger partial charge in [0.05, 0.1) is 12.1 Å². The Morgan fingerprint density at radius 3 is 2.14 bits per heavy atom. The SMILES string of the molecule is O=C(O)Oc1[nH]c2c(-c3cccc4ccccc34)cccc2c1CCCOc1cccc2ccccc12. The van der Waals surface area contributed by atoms with Gasteiger partial charge in [-0.2, -0.15) is 0 Å². The van der Waals surface area contributed by atoms with Crippen LogP contribution in [0.4, 0.5) is 4.79 Å². The predicted octanol–water partition coefficient (Wildman–Crippen LogP) is 8.21. The summed E-state index contributed by atoms with van der Waals surface area (Å²) in [6.07, 6.45) is -0.0386. The molecule has 6 rings (SSSR count). The molecule has 5 nitrogen and oxygen atoms in total. The summed E-state index contributed by atoms with van der Waals surface area (Å²) < 4.78 is 11.3. The average Bonchev–Trinajstić information content (AvgIpc) is 3.27. The number of fused-ring (bicyclic) bond motifs is 3. The molecule has 5 heteroatoms. The maximum Gasteiger partial charge on any atom is 0.512 e. The van der Waals surface area contributed by atoms with Gasteiger partial charge in [0.15, 0.2) is 0 Å². The van der Waals surface area contributed by atoms with Crippen molar-refractivity contribution in [3.05, 3.63) is 109 Å². The summed E-state index contributed by atoms with van der Waals surface area (Å²) in [7, 11) is 0. The number of aryl methyl sites for hydroxylation is 1. The van der Waals surface area contributed by atoms with Crippen LogP contribution >= 0.6 is 0 Å². The van der Waals surface area contributed by atoms with Crippen molar-refractivity contribution in [1.29, 1.82) is 0 Å². The first-order valence-corrected chi connectivity index (χ1v) is 12.3. The van der Waals surface area contributed by atoms with E-state index in [4.69, 9.17) is 9.47 Å². The maximum absolute atomic E-state index is 11.5. The maximum atomic E-state index is 11.5. The smallest absolute Gasteiger partial charge is 0.493 e. The topological polar surface area (TPSA) is 71.5 Å². The molecule has 182 valence electrons. The first kappa shape index (κ1) is 22.7. The average molecular weight is 488 g/mol. The Balaban J connectivity index is 1.32. The lowest BCUT2D eigenvalue weighted by atomic mass is 9.96. The Morgan fingerprint density at radius 2 is 1.32 bits per heavy atom. The number of carbonyl (C=O) groups is 1. The number of ether oxygens (including phenoxy) is 2. The lowest BCUT2D eigenvalue weighted by Crippen LogP contribution is -2.06. The summed E-state index contributed by atoms with van der Waals surface area (Å²) in [6, 6.07) is 34.7. The third-order valence-corrected chi connectivity index (χ3v) is 6.75. The van der Waals surface area contributed by atoms with Gasteiger partial charge in [-0.15, -0.1) is 0 Å². The van der Waals surface area contributed by atoms with Gasteiger partial charge in [0.2, 0.25) is 5.88 Å². The number of hydrogen-bond acceptors (Lipinski definition) is 3. The number of para-hydroxylation sites is 1. The zero-order valence-electron chi connectivity index (χ0n) is 20.1. The third kappa shape index (κ3) is 4.36. The van der Waals surface area contributed by atoms with Crippen LogP contribution in [0.3, 0.4) is 0 Å². The highest BCUT2D eigenvalue weighted by atomic mass is 16.7. The van der Waals surface area contributed by atoms with Gasteiger partial charge in [0, 0.05) is 21.9 Å². The summed E-state index contributed by atoms with van der Waals surface area (Å²) in [5.74, 6) is 1.11. The van der Waals surface area contributed by atoms with E-state index in [0.717, 1.165) is 54.9 Å². The zero-order valence-corrected chi connectivity index (χ0v) is 20.1. The quantitative estimate of drug-likeness (QED) is 0.176. The van der Waals surface area contributed by atoms with Crippen molar-refractivity contribution >= 4 is 38.6 Å². The van der Waals surface area contributed by atoms with Gasteiger partial charge in [0.1, 0.15) is 5.75 Å². The largest absolute Gasteiger partial charge is 0.512 e. The van der Waals surface area contributed by atoms with Crippen LogP contribution in [0.1, 0.15) is 12.0 Å². The number of aromatic nitrogens is 1. The van der Waals surface area contributed by atoms with Crippen molar-refractivity contribution in [2.45, 2.75) is 12.8 Å². The summed E-state index contributed by atoms with van der Waals surface area (Å²) >= 11 is 0. The Kier molecular flexibility index (Phi) is 5.95. The molecule has 0 spiro atoms. The van der Waals surface area contributed by atoms with Crippen LogP contribution in [0.5, 0.6) is 11.6 Å². The summed E-state index contributed by atoms with van der Waals surface area (Å²) in [4.78, 5) is 14.8. The molecule has 37 heavy (non-hydrogen) atoms. The van der Waals surface area contributed by atoms with E-state index in [1.54, 1.807) is 0 Å². The zero-order chi connectivity index (χ0) is 25.2. The van der Waals surface area contributed by atoms with E-state index in [1.165, 1.54) is 0 Å². The number of hydrogen-bond donors (Lipinski definition) is 2. The highest BCUT2D eigenvalue weighted by molar-refractivity contribution is 6.05. The molecule has 0 amide bonds. The Bertz CT molecular complexity index is 1740. The van der Waals surface area contributed by atoms with Crippen molar-refractivity contribution in [2.75, 3.05) is 6.61 Å². The molecule has 5 aromatic carbocycles. The van der Waals surface area contributed by atoms with Gasteiger partial charge in [-0.1, -0.05) is 97.1 Å². The minimum Gasteiger partial charge on any atom is -0.493 e. The van der Waals surface area contributed by atoms with E-state index in [9.17, 15) is 9.90 Å². The van der Waals surface area contributed by atoms with E-state index in [1.807, 2.05) is 54.6 Å². The van der Waals surface area contributed by atoms with Crippen LogP contribution in [0.15, 0.2) is 103 Å². The summed E-state index contributed by atoms with van der Waals surface area (Å²) in [6.45, 7) is 0.496. The molecule has 0 aliphatic heterocycles. The molecule has 0 saturated carbocycles. The van der Waals surface area contributed by atoms with Crippen LogP contribution in [-0.2, 0) is 6.42 Å². The van der Waals surface area contributed by atoms with Crippen molar-refractivity contribution < 1.29 is 19.4 Å². The number of H-pyrrole nitrogens is 1. The number of aromatic amines is 1. The number of rotatable bonds is 7. The van der Waals surface area contributed by atoms with Gasteiger partial charge >= 0.3 is 6.16 Å². The fourth-order valence-electron chi connectivity index (χ4n) is 5.11. The Labute approximate surface area is 213 Å². The lowest BCUT2D eigenvalue weighted by Gasteiger charge is -2.10.